The summed E-state index contributed by atoms with van der Waals surface area (Å²) < 4.78 is 6.15. The van der Waals surface area contributed by atoms with Gasteiger partial charge in [-0.2, -0.15) is 0 Å². The van der Waals surface area contributed by atoms with Gasteiger partial charge in [0, 0.05) is 25.7 Å². The van der Waals surface area contributed by atoms with Crippen molar-refractivity contribution >= 4 is 21.7 Å². The van der Waals surface area contributed by atoms with Crippen molar-refractivity contribution in [1.29, 1.82) is 0 Å². The second-order valence-corrected chi connectivity index (χ2v) is 5.17. The fraction of sp³-hybridized carbons (Fsp3) is 0.667. The maximum absolute atomic E-state index is 5.32. The Hall–Kier alpha value is -0.720. The van der Waals surface area contributed by atoms with Gasteiger partial charge in [0.05, 0.1) is 13.2 Å². The Morgan fingerprint density at radius 1 is 1.39 bits per heavy atom. The van der Waals surface area contributed by atoms with E-state index in [9.17, 15) is 0 Å². The lowest BCUT2D eigenvalue weighted by atomic mass is 10.3. The Morgan fingerprint density at radius 3 is 2.89 bits per heavy atom. The highest BCUT2D eigenvalue weighted by molar-refractivity contribution is 9.10. The van der Waals surface area contributed by atoms with Gasteiger partial charge in [-0.1, -0.05) is 0 Å². The number of hydrogen-bond donors (Lipinski definition) is 1. The molecule has 0 radical (unpaired) electrons. The number of morpholine rings is 1. The van der Waals surface area contributed by atoms with Gasteiger partial charge < -0.3 is 10.1 Å². The molecule has 1 fully saturated rings. The number of nitrogens with one attached hydrogen (secondary N) is 1. The van der Waals surface area contributed by atoms with Gasteiger partial charge in [-0.25, -0.2) is 9.97 Å². The van der Waals surface area contributed by atoms with Gasteiger partial charge in [-0.3, -0.25) is 4.90 Å². The lowest BCUT2D eigenvalue weighted by Crippen LogP contribution is -2.37. The first-order valence-corrected chi connectivity index (χ1v) is 7.08. The Labute approximate surface area is 116 Å². The summed E-state index contributed by atoms with van der Waals surface area (Å²) in [5, 5.41) is 3.33. The topological polar surface area (TPSA) is 50.3 Å². The zero-order valence-electron chi connectivity index (χ0n) is 10.7. The van der Waals surface area contributed by atoms with E-state index >= 15 is 0 Å². The van der Waals surface area contributed by atoms with Crippen LogP contribution in [0.4, 0.5) is 5.82 Å². The van der Waals surface area contributed by atoms with Crippen molar-refractivity contribution in [3.63, 3.8) is 0 Å². The monoisotopic (exact) mass is 314 g/mol. The van der Waals surface area contributed by atoms with Crippen LogP contribution in [0.3, 0.4) is 0 Å². The highest BCUT2D eigenvalue weighted by Crippen LogP contribution is 2.11. The molecule has 2 heterocycles. The van der Waals surface area contributed by atoms with Crippen LogP contribution in [0.5, 0.6) is 0 Å². The van der Waals surface area contributed by atoms with Gasteiger partial charge >= 0.3 is 0 Å². The zero-order valence-corrected chi connectivity index (χ0v) is 12.2. The summed E-state index contributed by atoms with van der Waals surface area (Å²) in [6.07, 6.45) is 1.11. The first-order chi connectivity index (χ1) is 8.74. The van der Waals surface area contributed by atoms with Crippen molar-refractivity contribution in [2.45, 2.75) is 13.3 Å². The summed E-state index contributed by atoms with van der Waals surface area (Å²) in [4.78, 5) is 10.9. The lowest BCUT2D eigenvalue weighted by Gasteiger charge is -2.26. The van der Waals surface area contributed by atoms with E-state index < -0.39 is 0 Å². The molecule has 1 aromatic rings. The highest BCUT2D eigenvalue weighted by Gasteiger charge is 2.09. The van der Waals surface area contributed by atoms with Gasteiger partial charge in [-0.15, -0.1) is 0 Å². The molecule has 0 saturated carbocycles. The van der Waals surface area contributed by atoms with Crippen molar-refractivity contribution in [2.24, 2.45) is 0 Å². The fourth-order valence-corrected chi connectivity index (χ4v) is 2.44. The minimum Gasteiger partial charge on any atom is -0.379 e. The third-order valence-corrected chi connectivity index (χ3v) is 3.27. The van der Waals surface area contributed by atoms with Crippen LogP contribution in [-0.4, -0.2) is 54.3 Å². The molecule has 1 aliphatic heterocycles. The maximum atomic E-state index is 5.32. The maximum Gasteiger partial charge on any atom is 0.130 e. The Kier molecular flexibility index (Phi) is 5.34. The summed E-state index contributed by atoms with van der Waals surface area (Å²) >= 11 is 3.37. The molecule has 0 aliphatic carbocycles. The second-order valence-electron chi connectivity index (χ2n) is 4.36. The van der Waals surface area contributed by atoms with Crippen molar-refractivity contribution < 1.29 is 4.74 Å². The van der Waals surface area contributed by atoms with Crippen LogP contribution in [0.25, 0.3) is 0 Å². The Morgan fingerprint density at radius 2 is 2.17 bits per heavy atom. The molecule has 0 spiro atoms. The number of halogens is 1. The molecule has 1 N–H and O–H groups in total. The molecule has 0 aromatic carbocycles. The molecule has 1 aliphatic rings. The predicted octanol–water partition coefficient (Wildman–Crippen LogP) is 1.68. The summed E-state index contributed by atoms with van der Waals surface area (Å²) in [5.74, 6) is 1.66. The summed E-state index contributed by atoms with van der Waals surface area (Å²) in [5.41, 5.74) is 0. The molecule has 0 bridgehead atoms. The summed E-state index contributed by atoms with van der Waals surface area (Å²) in [7, 11) is 0. The number of anilines is 1. The molecule has 2 rings (SSSR count). The Balaban J connectivity index is 1.68. The quantitative estimate of drug-likeness (QED) is 0.662. The molecule has 5 nitrogen and oxygen atoms in total. The SMILES string of the molecule is Cc1nc(Br)cc(NCCCN2CCOCC2)n1. The molecule has 0 amide bonds. The summed E-state index contributed by atoms with van der Waals surface area (Å²) in [6.45, 7) is 7.78. The number of hydrogen-bond acceptors (Lipinski definition) is 5. The van der Waals surface area contributed by atoms with Gasteiger partial charge in [0.2, 0.25) is 0 Å². The van der Waals surface area contributed by atoms with Crippen LogP contribution < -0.4 is 5.32 Å². The third kappa shape index (κ3) is 4.51. The van der Waals surface area contributed by atoms with Crippen LogP contribution in [0.15, 0.2) is 10.7 Å². The first-order valence-electron chi connectivity index (χ1n) is 6.29. The van der Waals surface area contributed by atoms with Crippen molar-refractivity contribution in [1.82, 2.24) is 14.9 Å². The number of aryl methyl sites for hydroxylation is 1. The van der Waals surface area contributed by atoms with E-state index in [2.05, 4.69) is 36.1 Å². The van der Waals surface area contributed by atoms with Crippen molar-refractivity contribution in [3.05, 3.63) is 16.5 Å². The van der Waals surface area contributed by atoms with Crippen molar-refractivity contribution in [3.8, 4) is 0 Å². The van der Waals surface area contributed by atoms with E-state index in [0.717, 1.165) is 62.1 Å². The molecule has 1 saturated heterocycles. The minimum atomic E-state index is 0.778. The van der Waals surface area contributed by atoms with Crippen LogP contribution in [0.1, 0.15) is 12.2 Å². The van der Waals surface area contributed by atoms with Crippen LogP contribution in [0.2, 0.25) is 0 Å². The van der Waals surface area contributed by atoms with Crippen LogP contribution in [-0.2, 0) is 4.74 Å². The highest BCUT2D eigenvalue weighted by atomic mass is 79.9. The Bertz CT molecular complexity index is 362. The molecule has 18 heavy (non-hydrogen) atoms. The van der Waals surface area contributed by atoms with Gasteiger partial charge in [-0.05, 0) is 35.8 Å². The van der Waals surface area contributed by atoms with Crippen LogP contribution >= 0.6 is 15.9 Å². The van der Waals surface area contributed by atoms with E-state index in [4.69, 9.17) is 4.74 Å². The smallest absolute Gasteiger partial charge is 0.130 e. The third-order valence-electron chi connectivity index (χ3n) is 2.87. The standard InChI is InChI=1S/C12H19BrN4O/c1-10-15-11(13)9-12(16-10)14-3-2-4-17-5-7-18-8-6-17/h9H,2-8H2,1H3,(H,14,15,16). The average molecular weight is 315 g/mol. The van der Waals surface area contributed by atoms with Crippen molar-refractivity contribution in [2.75, 3.05) is 44.7 Å². The number of nitrogens with zero attached hydrogens (tertiary/aromatic N) is 3. The number of aromatic nitrogens is 2. The number of rotatable bonds is 5. The van der Waals surface area contributed by atoms with Gasteiger partial charge in [0.1, 0.15) is 16.2 Å². The van der Waals surface area contributed by atoms with E-state index in [1.54, 1.807) is 0 Å². The average Bonchev–Trinajstić information content (AvgIpc) is 2.35. The molecule has 100 valence electrons. The first kappa shape index (κ1) is 13.7. The minimum absolute atomic E-state index is 0.778. The second kappa shape index (κ2) is 7.01. The van der Waals surface area contributed by atoms with Gasteiger partial charge in [0.15, 0.2) is 0 Å². The molecular weight excluding hydrogens is 296 g/mol. The largest absolute Gasteiger partial charge is 0.379 e. The van der Waals surface area contributed by atoms with Crippen LogP contribution in [0, 0.1) is 6.92 Å². The molecule has 1 aromatic heterocycles. The van der Waals surface area contributed by atoms with Gasteiger partial charge in [0.25, 0.3) is 0 Å². The normalized spacial score (nSPS) is 16.8. The molecule has 0 unspecified atom stereocenters. The van der Waals surface area contributed by atoms with E-state index in [0.29, 0.717) is 0 Å². The molecule has 0 atom stereocenters. The predicted molar refractivity (Wildman–Crippen MR) is 74.8 cm³/mol. The number of ether oxygens (including phenoxy) is 1. The van der Waals surface area contributed by atoms with E-state index in [1.807, 2.05) is 13.0 Å². The zero-order chi connectivity index (χ0) is 12.8. The molecular formula is C12H19BrN4O. The fourth-order valence-electron chi connectivity index (χ4n) is 1.97. The summed E-state index contributed by atoms with van der Waals surface area (Å²) in [6, 6.07) is 1.90. The van der Waals surface area contributed by atoms with E-state index in [-0.39, 0.29) is 0 Å². The molecule has 6 heteroatoms. The lowest BCUT2D eigenvalue weighted by molar-refractivity contribution is 0.0378. The van der Waals surface area contributed by atoms with E-state index in [1.165, 1.54) is 0 Å².